The van der Waals surface area contributed by atoms with Crippen LogP contribution in [-0.4, -0.2) is 19.6 Å². The highest BCUT2D eigenvalue weighted by Gasteiger charge is 2.03. The van der Waals surface area contributed by atoms with Gasteiger partial charge in [0.05, 0.1) is 7.11 Å². The van der Waals surface area contributed by atoms with Crippen molar-refractivity contribution >= 4 is 11.6 Å². The number of guanidine groups is 1. The molecule has 23 heavy (non-hydrogen) atoms. The molecular weight excluding hydrogens is 293 g/mol. The normalized spacial score (nSPS) is 11.3. The van der Waals surface area contributed by atoms with Gasteiger partial charge < -0.3 is 15.8 Å². The first-order valence-corrected chi connectivity index (χ1v) is 7.60. The maximum Gasteiger partial charge on any atom is 0.193 e. The Kier molecular flexibility index (Phi) is 5.97. The summed E-state index contributed by atoms with van der Waals surface area (Å²) < 4.78 is 18.3. The van der Waals surface area contributed by atoms with Crippen LogP contribution < -0.4 is 15.8 Å². The zero-order valence-electron chi connectivity index (χ0n) is 13.5. The zero-order chi connectivity index (χ0) is 16.7. The first kappa shape index (κ1) is 16.8. The van der Waals surface area contributed by atoms with E-state index in [1.54, 1.807) is 12.1 Å². The van der Waals surface area contributed by atoms with Crippen LogP contribution in [0.25, 0.3) is 0 Å². The average Bonchev–Trinajstić information content (AvgIpc) is 2.56. The van der Waals surface area contributed by atoms with Crippen molar-refractivity contribution in [3.05, 3.63) is 59.4 Å². The highest BCUT2D eigenvalue weighted by Crippen LogP contribution is 2.18. The molecule has 0 aromatic heterocycles. The van der Waals surface area contributed by atoms with E-state index in [4.69, 9.17) is 10.5 Å². The Hall–Kier alpha value is -2.56. The Morgan fingerprint density at radius 3 is 2.78 bits per heavy atom. The van der Waals surface area contributed by atoms with Gasteiger partial charge in [-0.25, -0.2) is 4.39 Å². The quantitative estimate of drug-likeness (QED) is 0.635. The van der Waals surface area contributed by atoms with Gasteiger partial charge in [0.2, 0.25) is 0 Å². The van der Waals surface area contributed by atoms with E-state index in [1.165, 1.54) is 18.7 Å². The fourth-order valence-electron chi connectivity index (χ4n) is 2.22. The van der Waals surface area contributed by atoms with Crippen LogP contribution in [0, 0.1) is 5.82 Å². The number of ether oxygens (including phenoxy) is 1. The van der Waals surface area contributed by atoms with Crippen LogP contribution in [0.2, 0.25) is 0 Å². The SMILES string of the molecule is CCc1cccc(NC(N)=NCCc2ccc(F)c(OC)c2)c1. The molecule has 2 rings (SSSR count). The molecule has 0 aliphatic heterocycles. The number of methoxy groups -OCH3 is 1. The van der Waals surface area contributed by atoms with Crippen molar-refractivity contribution in [2.75, 3.05) is 19.0 Å². The molecule has 0 amide bonds. The monoisotopic (exact) mass is 315 g/mol. The number of hydrogen-bond donors (Lipinski definition) is 2. The van der Waals surface area contributed by atoms with E-state index >= 15 is 0 Å². The minimum Gasteiger partial charge on any atom is -0.494 e. The number of halogens is 1. The van der Waals surface area contributed by atoms with E-state index in [-0.39, 0.29) is 11.6 Å². The van der Waals surface area contributed by atoms with Crippen LogP contribution in [0.4, 0.5) is 10.1 Å². The summed E-state index contributed by atoms with van der Waals surface area (Å²) in [4.78, 5) is 4.30. The van der Waals surface area contributed by atoms with Gasteiger partial charge in [-0.3, -0.25) is 4.99 Å². The number of benzene rings is 2. The molecule has 5 heteroatoms. The first-order valence-electron chi connectivity index (χ1n) is 7.60. The summed E-state index contributed by atoms with van der Waals surface area (Å²) in [5.41, 5.74) is 9.01. The van der Waals surface area contributed by atoms with E-state index in [2.05, 4.69) is 23.3 Å². The van der Waals surface area contributed by atoms with Crippen LogP contribution in [0.15, 0.2) is 47.5 Å². The molecule has 0 atom stereocenters. The molecule has 122 valence electrons. The van der Waals surface area contributed by atoms with Gasteiger partial charge in [-0.05, 0) is 48.2 Å². The minimum atomic E-state index is -0.364. The van der Waals surface area contributed by atoms with Crippen molar-refractivity contribution < 1.29 is 9.13 Å². The van der Waals surface area contributed by atoms with Crippen LogP contribution in [0.5, 0.6) is 5.75 Å². The van der Waals surface area contributed by atoms with Crippen molar-refractivity contribution in [2.45, 2.75) is 19.8 Å². The van der Waals surface area contributed by atoms with Gasteiger partial charge >= 0.3 is 0 Å². The molecule has 0 aliphatic rings. The van der Waals surface area contributed by atoms with Crippen LogP contribution in [0.3, 0.4) is 0 Å². The summed E-state index contributed by atoms with van der Waals surface area (Å²) >= 11 is 0. The molecule has 0 bridgehead atoms. The van der Waals surface area contributed by atoms with Gasteiger partial charge in [0.1, 0.15) is 0 Å². The largest absolute Gasteiger partial charge is 0.494 e. The second-order valence-corrected chi connectivity index (χ2v) is 5.16. The Bertz CT molecular complexity index is 686. The third kappa shape index (κ3) is 4.98. The number of nitrogens with one attached hydrogen (secondary N) is 1. The number of hydrogen-bond acceptors (Lipinski definition) is 2. The molecule has 0 saturated heterocycles. The molecule has 0 heterocycles. The molecule has 0 aliphatic carbocycles. The number of nitrogens with zero attached hydrogens (tertiary/aromatic N) is 1. The summed E-state index contributed by atoms with van der Waals surface area (Å²) in [6, 6.07) is 12.9. The van der Waals surface area contributed by atoms with Crippen LogP contribution >= 0.6 is 0 Å². The summed E-state index contributed by atoms with van der Waals surface area (Å²) in [6.45, 7) is 2.62. The Morgan fingerprint density at radius 2 is 2.04 bits per heavy atom. The summed E-state index contributed by atoms with van der Waals surface area (Å²) in [5, 5.41) is 3.08. The molecule has 0 unspecified atom stereocenters. The van der Waals surface area contributed by atoms with E-state index in [1.807, 2.05) is 18.2 Å². The van der Waals surface area contributed by atoms with Gasteiger partial charge in [0, 0.05) is 12.2 Å². The van der Waals surface area contributed by atoms with E-state index < -0.39 is 0 Å². The number of aryl methyl sites for hydroxylation is 1. The smallest absolute Gasteiger partial charge is 0.193 e. The van der Waals surface area contributed by atoms with Crippen molar-refractivity contribution in [1.29, 1.82) is 0 Å². The fourth-order valence-corrected chi connectivity index (χ4v) is 2.22. The van der Waals surface area contributed by atoms with Gasteiger partial charge in [-0.15, -0.1) is 0 Å². The maximum absolute atomic E-state index is 13.3. The van der Waals surface area contributed by atoms with E-state index in [9.17, 15) is 4.39 Å². The average molecular weight is 315 g/mol. The third-order valence-corrected chi connectivity index (χ3v) is 3.51. The van der Waals surface area contributed by atoms with Gasteiger partial charge in [-0.1, -0.05) is 25.1 Å². The first-order chi connectivity index (χ1) is 11.1. The second kappa shape index (κ2) is 8.17. The molecule has 0 spiro atoms. The molecule has 2 aromatic rings. The Labute approximate surface area is 136 Å². The van der Waals surface area contributed by atoms with Gasteiger partial charge in [0.15, 0.2) is 17.5 Å². The second-order valence-electron chi connectivity index (χ2n) is 5.16. The number of anilines is 1. The number of rotatable bonds is 6. The van der Waals surface area contributed by atoms with Crippen molar-refractivity contribution in [3.63, 3.8) is 0 Å². The molecule has 0 radical (unpaired) electrons. The zero-order valence-corrected chi connectivity index (χ0v) is 13.5. The van der Waals surface area contributed by atoms with Crippen molar-refractivity contribution in [1.82, 2.24) is 0 Å². The Balaban J connectivity index is 1.92. The minimum absolute atomic E-state index is 0.244. The maximum atomic E-state index is 13.3. The molecule has 0 saturated carbocycles. The summed E-state index contributed by atoms with van der Waals surface area (Å²) in [6.07, 6.45) is 1.63. The van der Waals surface area contributed by atoms with Crippen LogP contribution in [-0.2, 0) is 12.8 Å². The van der Waals surface area contributed by atoms with Gasteiger partial charge in [0.25, 0.3) is 0 Å². The standard InChI is InChI=1S/C18H22FN3O/c1-3-13-5-4-6-15(11-13)22-18(20)21-10-9-14-7-8-16(19)17(12-14)23-2/h4-8,11-12H,3,9-10H2,1-2H3,(H3,20,21,22). The highest BCUT2D eigenvalue weighted by molar-refractivity contribution is 5.92. The third-order valence-electron chi connectivity index (χ3n) is 3.51. The van der Waals surface area contributed by atoms with Crippen molar-refractivity contribution in [2.24, 2.45) is 10.7 Å². The molecule has 4 nitrogen and oxygen atoms in total. The lowest BCUT2D eigenvalue weighted by Gasteiger charge is -2.08. The summed E-state index contributed by atoms with van der Waals surface area (Å²) in [5.74, 6) is 0.248. The fraction of sp³-hybridized carbons (Fsp3) is 0.278. The Morgan fingerprint density at radius 1 is 1.22 bits per heavy atom. The van der Waals surface area contributed by atoms with E-state index in [0.717, 1.165) is 17.7 Å². The molecule has 2 aromatic carbocycles. The highest BCUT2D eigenvalue weighted by atomic mass is 19.1. The van der Waals surface area contributed by atoms with Crippen molar-refractivity contribution in [3.8, 4) is 5.75 Å². The van der Waals surface area contributed by atoms with Crippen LogP contribution in [0.1, 0.15) is 18.1 Å². The predicted octanol–water partition coefficient (Wildman–Crippen LogP) is 3.37. The molecule has 3 N–H and O–H groups in total. The van der Waals surface area contributed by atoms with Gasteiger partial charge in [-0.2, -0.15) is 0 Å². The lowest BCUT2D eigenvalue weighted by atomic mass is 10.1. The topological polar surface area (TPSA) is 59.6 Å². The molecule has 0 fully saturated rings. The number of nitrogens with two attached hydrogens (primary N) is 1. The molecular formula is C18H22FN3O. The lowest BCUT2D eigenvalue weighted by Crippen LogP contribution is -2.23. The summed E-state index contributed by atoms with van der Waals surface area (Å²) in [7, 11) is 1.45. The predicted molar refractivity (Wildman–Crippen MR) is 92.6 cm³/mol. The van der Waals surface area contributed by atoms with E-state index in [0.29, 0.717) is 18.9 Å². The number of aliphatic imine (C=N–C) groups is 1. The lowest BCUT2D eigenvalue weighted by molar-refractivity contribution is 0.386.